The fourth-order valence-corrected chi connectivity index (χ4v) is 5.04. The molecule has 0 saturated carbocycles. The van der Waals surface area contributed by atoms with Crippen LogP contribution in [0.25, 0.3) is 22.3 Å². The van der Waals surface area contributed by atoms with E-state index in [0.717, 1.165) is 48.0 Å². The number of nitrogens with two attached hydrogens (primary N) is 1. The highest BCUT2D eigenvalue weighted by molar-refractivity contribution is 14.1. The van der Waals surface area contributed by atoms with Crippen molar-refractivity contribution in [1.82, 2.24) is 4.98 Å². The van der Waals surface area contributed by atoms with E-state index < -0.39 is 5.54 Å². The van der Waals surface area contributed by atoms with Gasteiger partial charge in [0.15, 0.2) is 0 Å². The number of rotatable bonds is 15. The molecule has 0 spiro atoms. The van der Waals surface area contributed by atoms with Gasteiger partial charge in [-0.25, -0.2) is 0 Å². The van der Waals surface area contributed by atoms with Crippen molar-refractivity contribution in [2.45, 2.75) is 75.7 Å². The molecule has 3 aromatic rings. The van der Waals surface area contributed by atoms with Crippen molar-refractivity contribution in [3.05, 3.63) is 48.3 Å². The number of carbonyl (C=O) groups excluding carboxylic acids is 1. The quantitative estimate of drug-likeness (QED) is 0.0815. The Morgan fingerprint density at radius 1 is 1.18 bits per heavy atom. The van der Waals surface area contributed by atoms with E-state index >= 15 is 0 Å². The molecule has 0 amide bonds. The maximum absolute atomic E-state index is 12.7. The van der Waals surface area contributed by atoms with Gasteiger partial charge in [-0.1, -0.05) is 29.5 Å². The van der Waals surface area contributed by atoms with Crippen LogP contribution in [0.15, 0.2) is 47.1 Å². The molecule has 214 valence electrons. The number of benzene rings is 1. The van der Waals surface area contributed by atoms with Crippen LogP contribution in [0.3, 0.4) is 0 Å². The first-order valence-corrected chi connectivity index (χ1v) is 14.8. The number of nitrogens with zero attached hydrogens (tertiary/aromatic N) is 1. The van der Waals surface area contributed by atoms with Crippen molar-refractivity contribution in [1.29, 1.82) is 0 Å². The lowest BCUT2D eigenvalue weighted by Gasteiger charge is -2.32. The van der Waals surface area contributed by atoms with E-state index in [2.05, 4.69) is 34.5 Å². The molecule has 0 saturated heterocycles. The number of hydrogen-bond acceptors (Lipinski definition) is 7. The van der Waals surface area contributed by atoms with Crippen molar-refractivity contribution in [2.75, 3.05) is 19.8 Å². The zero-order valence-electron chi connectivity index (χ0n) is 23.8. The topological polar surface area (TPSA) is 108 Å². The molecule has 2 aromatic heterocycles. The van der Waals surface area contributed by atoms with Crippen LogP contribution in [0, 0.1) is 11.8 Å². The highest BCUT2D eigenvalue weighted by Gasteiger charge is 2.37. The van der Waals surface area contributed by atoms with Gasteiger partial charge in [-0.05, 0) is 89.6 Å². The minimum absolute atomic E-state index is 0.00914. The SMILES string of the molecule is CCc1ccncc1-c1cc2ccc(OCC(CO)CCCCOC(=O)C(CC(C)(C)N)C(C)(C)I)cc2o1. The Morgan fingerprint density at radius 3 is 2.62 bits per heavy atom. The number of alkyl halides is 1. The van der Waals surface area contributed by atoms with E-state index in [9.17, 15) is 9.90 Å². The van der Waals surface area contributed by atoms with Crippen LogP contribution in [0.4, 0.5) is 0 Å². The van der Waals surface area contributed by atoms with E-state index in [1.807, 2.05) is 64.2 Å². The van der Waals surface area contributed by atoms with E-state index in [-0.39, 0.29) is 27.8 Å². The van der Waals surface area contributed by atoms with Crippen LogP contribution in [0.5, 0.6) is 5.75 Å². The van der Waals surface area contributed by atoms with Crippen LogP contribution < -0.4 is 10.5 Å². The average Bonchev–Trinajstić information content (AvgIpc) is 3.31. The first kappa shape index (κ1) is 31.4. The number of unbranched alkanes of at least 4 members (excludes halogenated alkanes) is 1. The summed E-state index contributed by atoms with van der Waals surface area (Å²) in [5, 5.41) is 10.9. The third-order valence-electron chi connectivity index (χ3n) is 6.89. The van der Waals surface area contributed by atoms with Crippen LogP contribution in [0.2, 0.25) is 0 Å². The third kappa shape index (κ3) is 9.46. The highest BCUT2D eigenvalue weighted by Crippen LogP contribution is 2.34. The number of fused-ring (bicyclic) bond motifs is 1. The van der Waals surface area contributed by atoms with Gasteiger partial charge >= 0.3 is 5.97 Å². The fraction of sp³-hybridized carbons (Fsp3) is 0.548. The Morgan fingerprint density at radius 2 is 1.95 bits per heavy atom. The number of aromatic nitrogens is 1. The summed E-state index contributed by atoms with van der Waals surface area (Å²) in [6.07, 6.45) is 7.44. The predicted octanol–water partition coefficient (Wildman–Crippen LogP) is 6.72. The van der Waals surface area contributed by atoms with E-state index in [0.29, 0.717) is 25.4 Å². The number of hydrogen-bond donors (Lipinski definition) is 2. The molecule has 0 aliphatic rings. The number of carbonyl (C=O) groups is 1. The minimum atomic E-state index is -0.442. The smallest absolute Gasteiger partial charge is 0.310 e. The number of esters is 1. The number of halogens is 1. The summed E-state index contributed by atoms with van der Waals surface area (Å²) in [4.78, 5) is 17.0. The molecule has 7 nitrogen and oxygen atoms in total. The largest absolute Gasteiger partial charge is 0.493 e. The van der Waals surface area contributed by atoms with E-state index in [1.165, 1.54) is 5.56 Å². The van der Waals surface area contributed by atoms with Crippen molar-refractivity contribution in [3.63, 3.8) is 0 Å². The second kappa shape index (κ2) is 13.9. The number of pyridine rings is 1. The highest BCUT2D eigenvalue weighted by atomic mass is 127. The Labute approximate surface area is 246 Å². The zero-order chi connectivity index (χ0) is 28.6. The molecule has 3 rings (SSSR count). The summed E-state index contributed by atoms with van der Waals surface area (Å²) in [7, 11) is 0. The zero-order valence-corrected chi connectivity index (χ0v) is 26.0. The monoisotopic (exact) mass is 650 g/mol. The summed E-state index contributed by atoms with van der Waals surface area (Å²) < 4.78 is 17.5. The molecule has 0 radical (unpaired) electrons. The number of aliphatic hydroxyl groups excluding tert-OH is 1. The van der Waals surface area contributed by atoms with Gasteiger partial charge < -0.3 is 24.7 Å². The molecule has 2 atom stereocenters. The van der Waals surface area contributed by atoms with Crippen molar-refractivity contribution in [3.8, 4) is 17.1 Å². The predicted molar refractivity (Wildman–Crippen MR) is 164 cm³/mol. The molecule has 39 heavy (non-hydrogen) atoms. The second-order valence-corrected chi connectivity index (χ2v) is 14.3. The lowest BCUT2D eigenvalue weighted by atomic mass is 9.84. The van der Waals surface area contributed by atoms with Gasteiger partial charge in [0.25, 0.3) is 0 Å². The molecule has 3 N–H and O–H groups in total. The Hall–Kier alpha value is -2.17. The van der Waals surface area contributed by atoms with E-state index in [4.69, 9.17) is 19.6 Å². The third-order valence-corrected chi connectivity index (χ3v) is 7.64. The maximum Gasteiger partial charge on any atom is 0.310 e. The first-order chi connectivity index (χ1) is 18.4. The van der Waals surface area contributed by atoms with Gasteiger partial charge in [-0.2, -0.15) is 0 Å². The summed E-state index contributed by atoms with van der Waals surface area (Å²) >= 11 is 2.29. The lowest BCUT2D eigenvalue weighted by molar-refractivity contribution is -0.150. The maximum atomic E-state index is 12.7. The molecular formula is C31H43IN2O5. The van der Waals surface area contributed by atoms with Gasteiger partial charge in [-0.3, -0.25) is 9.78 Å². The van der Waals surface area contributed by atoms with Crippen molar-refractivity contribution < 1.29 is 23.8 Å². The molecular weight excluding hydrogens is 607 g/mol. The van der Waals surface area contributed by atoms with Crippen LogP contribution >= 0.6 is 22.6 Å². The number of furan rings is 1. The Balaban J connectivity index is 1.47. The van der Waals surface area contributed by atoms with Gasteiger partial charge in [0.05, 0.1) is 19.1 Å². The first-order valence-electron chi connectivity index (χ1n) is 13.8. The Bertz CT molecular complexity index is 1210. The van der Waals surface area contributed by atoms with Gasteiger partial charge in [0.1, 0.15) is 17.1 Å². The van der Waals surface area contributed by atoms with Crippen molar-refractivity contribution in [2.24, 2.45) is 17.6 Å². The molecule has 8 heteroatoms. The molecule has 0 aliphatic carbocycles. The standard InChI is InChI=1S/C31H43IN2O5/c1-6-22-12-13-34-18-25(22)28-15-23-10-11-24(16-27(23)39-28)38-20-21(19-35)9-7-8-14-37-29(36)26(31(4,5)32)17-30(2,3)33/h10-13,15-16,18,21,26,35H,6-9,14,17,19-20,33H2,1-5H3. The Kier molecular flexibility index (Phi) is 11.2. The summed E-state index contributed by atoms with van der Waals surface area (Å²) in [5.41, 5.74) is 8.68. The molecule has 2 unspecified atom stereocenters. The second-order valence-electron chi connectivity index (χ2n) is 11.5. The number of aryl methyl sites for hydroxylation is 1. The molecule has 0 aliphatic heterocycles. The molecule has 2 heterocycles. The average molecular weight is 651 g/mol. The fourth-order valence-electron chi connectivity index (χ4n) is 4.57. The van der Waals surface area contributed by atoms with Crippen LogP contribution in [-0.4, -0.2) is 44.8 Å². The minimum Gasteiger partial charge on any atom is -0.493 e. The van der Waals surface area contributed by atoms with Gasteiger partial charge in [0, 0.05) is 50.9 Å². The van der Waals surface area contributed by atoms with E-state index in [1.54, 1.807) is 6.20 Å². The molecule has 0 fully saturated rings. The number of ether oxygens (including phenoxy) is 2. The van der Waals surface area contributed by atoms with Crippen LogP contribution in [0.1, 0.15) is 65.9 Å². The van der Waals surface area contributed by atoms with Crippen molar-refractivity contribution >= 4 is 39.5 Å². The van der Waals surface area contributed by atoms with Gasteiger partial charge in [-0.15, -0.1) is 0 Å². The normalized spacial score (nSPS) is 13.8. The molecule has 0 bridgehead atoms. The van der Waals surface area contributed by atoms with Gasteiger partial charge in [0.2, 0.25) is 0 Å². The van der Waals surface area contributed by atoms with Crippen LogP contribution in [-0.2, 0) is 16.0 Å². The summed E-state index contributed by atoms with van der Waals surface area (Å²) in [6, 6.07) is 9.84. The summed E-state index contributed by atoms with van der Waals surface area (Å²) in [5.74, 6) is 1.03. The summed E-state index contributed by atoms with van der Waals surface area (Å²) in [6.45, 7) is 10.8. The molecule has 1 aromatic carbocycles. The number of aliphatic hydroxyl groups is 1. The lowest BCUT2D eigenvalue weighted by Crippen LogP contribution is -2.43.